The molecular weight excluding hydrogens is 232 g/mol. The minimum absolute atomic E-state index is 0. The molecular formula is C10H17ClN2OS. The second kappa shape index (κ2) is 6.45. The zero-order valence-corrected chi connectivity index (χ0v) is 10.1. The van der Waals surface area contributed by atoms with Gasteiger partial charge in [-0.25, -0.2) is 0 Å². The van der Waals surface area contributed by atoms with E-state index in [2.05, 4.69) is 27.5 Å². The smallest absolute Gasteiger partial charge is 0.0716 e. The van der Waals surface area contributed by atoms with E-state index in [0.717, 1.165) is 26.2 Å². The van der Waals surface area contributed by atoms with E-state index in [-0.39, 0.29) is 18.5 Å². The van der Waals surface area contributed by atoms with Gasteiger partial charge in [-0.2, -0.15) is 11.3 Å². The maximum atomic E-state index is 9.55. The number of hydrogen-bond acceptors (Lipinski definition) is 4. The fourth-order valence-corrected chi connectivity index (χ4v) is 2.39. The summed E-state index contributed by atoms with van der Waals surface area (Å²) >= 11 is 1.72. The van der Waals surface area contributed by atoms with Crippen LogP contribution < -0.4 is 10.6 Å². The summed E-state index contributed by atoms with van der Waals surface area (Å²) in [5.74, 6) is 0.369. The summed E-state index contributed by atoms with van der Waals surface area (Å²) in [6, 6.07) is 2.13. The highest BCUT2D eigenvalue weighted by Crippen LogP contribution is 2.08. The Hall–Kier alpha value is -0.130. The molecule has 0 aliphatic carbocycles. The molecule has 2 atom stereocenters. The van der Waals surface area contributed by atoms with Crippen LogP contribution in [0.1, 0.15) is 5.56 Å². The van der Waals surface area contributed by atoms with Gasteiger partial charge in [0.2, 0.25) is 0 Å². The number of rotatable bonds is 4. The minimum Gasteiger partial charge on any atom is -0.391 e. The molecule has 1 saturated heterocycles. The summed E-state index contributed by atoms with van der Waals surface area (Å²) in [7, 11) is 0. The van der Waals surface area contributed by atoms with E-state index in [1.54, 1.807) is 11.3 Å². The van der Waals surface area contributed by atoms with Gasteiger partial charge in [0.05, 0.1) is 6.10 Å². The Bertz CT molecular complexity index is 268. The first-order valence-electron chi connectivity index (χ1n) is 4.97. The molecule has 86 valence electrons. The van der Waals surface area contributed by atoms with Crippen LogP contribution >= 0.6 is 23.7 Å². The summed E-state index contributed by atoms with van der Waals surface area (Å²) < 4.78 is 0. The molecule has 1 aliphatic rings. The summed E-state index contributed by atoms with van der Waals surface area (Å²) in [6.45, 7) is 3.47. The van der Waals surface area contributed by atoms with Gasteiger partial charge in [0.25, 0.3) is 0 Å². The molecule has 3 N–H and O–H groups in total. The second-order valence-corrected chi connectivity index (χ2v) is 4.53. The van der Waals surface area contributed by atoms with Gasteiger partial charge in [-0.05, 0) is 22.4 Å². The second-order valence-electron chi connectivity index (χ2n) is 3.75. The van der Waals surface area contributed by atoms with Crippen molar-refractivity contribution in [1.82, 2.24) is 10.6 Å². The predicted octanol–water partition coefficient (Wildman–Crippen LogP) is 0.840. The van der Waals surface area contributed by atoms with Gasteiger partial charge in [0.15, 0.2) is 0 Å². The Morgan fingerprint density at radius 2 is 2.40 bits per heavy atom. The monoisotopic (exact) mass is 248 g/mol. The molecule has 1 fully saturated rings. The largest absolute Gasteiger partial charge is 0.391 e. The lowest BCUT2D eigenvalue weighted by Crippen LogP contribution is -2.30. The van der Waals surface area contributed by atoms with E-state index in [1.165, 1.54) is 5.56 Å². The number of hydrogen-bond donors (Lipinski definition) is 3. The maximum Gasteiger partial charge on any atom is 0.0716 e. The Kier molecular flexibility index (Phi) is 5.56. The van der Waals surface area contributed by atoms with Crippen molar-refractivity contribution in [3.05, 3.63) is 22.4 Å². The molecule has 0 radical (unpaired) electrons. The zero-order chi connectivity index (χ0) is 9.80. The molecule has 2 unspecified atom stereocenters. The first-order valence-corrected chi connectivity index (χ1v) is 5.91. The summed E-state index contributed by atoms with van der Waals surface area (Å²) in [5, 5.41) is 20.3. The van der Waals surface area contributed by atoms with Crippen molar-refractivity contribution >= 4 is 23.7 Å². The topological polar surface area (TPSA) is 44.3 Å². The van der Waals surface area contributed by atoms with Crippen LogP contribution in [-0.4, -0.2) is 30.8 Å². The highest BCUT2D eigenvalue weighted by Gasteiger charge is 2.23. The molecule has 0 bridgehead atoms. The molecule has 0 aromatic carbocycles. The van der Waals surface area contributed by atoms with Gasteiger partial charge in [0, 0.05) is 32.1 Å². The van der Waals surface area contributed by atoms with Crippen LogP contribution in [0.25, 0.3) is 0 Å². The summed E-state index contributed by atoms with van der Waals surface area (Å²) in [4.78, 5) is 0. The number of halogens is 1. The molecule has 2 rings (SSSR count). The molecule has 5 heteroatoms. The third-order valence-corrected chi connectivity index (χ3v) is 3.35. The highest BCUT2D eigenvalue weighted by atomic mass is 35.5. The van der Waals surface area contributed by atoms with E-state index in [9.17, 15) is 5.11 Å². The van der Waals surface area contributed by atoms with Gasteiger partial charge < -0.3 is 15.7 Å². The number of aliphatic hydroxyl groups is 1. The first kappa shape index (κ1) is 12.9. The minimum atomic E-state index is -0.176. The van der Waals surface area contributed by atoms with Crippen LogP contribution in [0.3, 0.4) is 0 Å². The van der Waals surface area contributed by atoms with E-state index in [1.807, 2.05) is 0 Å². The fourth-order valence-electron chi connectivity index (χ4n) is 1.72. The normalized spacial score (nSPS) is 25.1. The van der Waals surface area contributed by atoms with Crippen LogP contribution in [-0.2, 0) is 6.54 Å². The molecule has 1 aliphatic heterocycles. The van der Waals surface area contributed by atoms with Crippen LogP contribution in [0.4, 0.5) is 0 Å². The third kappa shape index (κ3) is 3.74. The fraction of sp³-hybridized carbons (Fsp3) is 0.600. The number of aliphatic hydroxyl groups excluding tert-OH is 1. The van der Waals surface area contributed by atoms with Crippen molar-refractivity contribution in [2.24, 2.45) is 5.92 Å². The van der Waals surface area contributed by atoms with Crippen molar-refractivity contribution in [1.29, 1.82) is 0 Å². The first-order chi connectivity index (χ1) is 6.86. The van der Waals surface area contributed by atoms with Crippen LogP contribution in [0.2, 0.25) is 0 Å². The van der Waals surface area contributed by atoms with Gasteiger partial charge >= 0.3 is 0 Å². The van der Waals surface area contributed by atoms with Crippen molar-refractivity contribution in [3.8, 4) is 0 Å². The van der Waals surface area contributed by atoms with E-state index in [4.69, 9.17) is 0 Å². The quantitative estimate of drug-likeness (QED) is 0.740. The average Bonchev–Trinajstić information content (AvgIpc) is 2.78. The highest BCUT2D eigenvalue weighted by molar-refractivity contribution is 7.07. The molecule has 0 amide bonds. The Balaban J connectivity index is 0.00000112. The summed E-state index contributed by atoms with van der Waals surface area (Å²) in [6.07, 6.45) is -0.176. The van der Waals surface area contributed by atoms with Gasteiger partial charge in [-0.3, -0.25) is 0 Å². The number of β-amino-alcohol motifs (C(OH)–C–C–N with tert-alkyl or cyclic N) is 1. The zero-order valence-electron chi connectivity index (χ0n) is 8.48. The van der Waals surface area contributed by atoms with E-state index >= 15 is 0 Å². The third-order valence-electron chi connectivity index (χ3n) is 2.62. The Morgan fingerprint density at radius 3 is 3.00 bits per heavy atom. The number of thiophene rings is 1. The SMILES string of the molecule is Cl.OC1CNCC1CNCc1ccsc1. The van der Waals surface area contributed by atoms with Gasteiger partial charge in [0.1, 0.15) is 0 Å². The van der Waals surface area contributed by atoms with Crippen LogP contribution in [0.5, 0.6) is 0 Å². The van der Waals surface area contributed by atoms with Crippen molar-refractivity contribution < 1.29 is 5.11 Å². The van der Waals surface area contributed by atoms with E-state index < -0.39 is 0 Å². The molecule has 0 spiro atoms. The van der Waals surface area contributed by atoms with Crippen molar-refractivity contribution in [3.63, 3.8) is 0 Å². The molecule has 0 saturated carbocycles. The molecule has 1 aromatic heterocycles. The average molecular weight is 249 g/mol. The van der Waals surface area contributed by atoms with Crippen LogP contribution in [0.15, 0.2) is 16.8 Å². The van der Waals surface area contributed by atoms with Crippen molar-refractivity contribution in [2.75, 3.05) is 19.6 Å². The standard InChI is InChI=1S/C10H16N2OS.ClH/c13-10-6-12-5-9(10)4-11-3-8-1-2-14-7-8;/h1-2,7,9-13H,3-6H2;1H. The molecule has 15 heavy (non-hydrogen) atoms. The van der Waals surface area contributed by atoms with Crippen LogP contribution in [0, 0.1) is 5.92 Å². The summed E-state index contributed by atoms with van der Waals surface area (Å²) in [5.41, 5.74) is 1.33. The lowest BCUT2D eigenvalue weighted by atomic mass is 10.1. The van der Waals surface area contributed by atoms with E-state index in [0.29, 0.717) is 5.92 Å². The Labute approximate surface area is 100 Å². The predicted molar refractivity (Wildman–Crippen MR) is 65.6 cm³/mol. The lowest BCUT2D eigenvalue weighted by Gasteiger charge is -2.13. The lowest BCUT2D eigenvalue weighted by molar-refractivity contribution is 0.146. The molecule has 2 heterocycles. The van der Waals surface area contributed by atoms with Crippen molar-refractivity contribution in [2.45, 2.75) is 12.6 Å². The maximum absolute atomic E-state index is 9.55. The van der Waals surface area contributed by atoms with Gasteiger partial charge in [-0.15, -0.1) is 12.4 Å². The molecule has 1 aromatic rings. The Morgan fingerprint density at radius 1 is 1.53 bits per heavy atom. The van der Waals surface area contributed by atoms with Gasteiger partial charge in [-0.1, -0.05) is 0 Å². The number of nitrogens with one attached hydrogen (secondary N) is 2. The molecule has 3 nitrogen and oxygen atoms in total.